The van der Waals surface area contributed by atoms with Crippen molar-refractivity contribution in [3.05, 3.63) is 59.7 Å². The van der Waals surface area contributed by atoms with E-state index < -0.39 is 5.60 Å². The number of rotatable bonds is 3. The number of carbonyl (C=O) groups excluding carboxylic acids is 1. The molecule has 2 atom stereocenters. The van der Waals surface area contributed by atoms with E-state index in [0.29, 0.717) is 19.4 Å². The molecule has 0 saturated carbocycles. The fraction of sp³-hybridized carbons (Fsp3) is 0.536. The van der Waals surface area contributed by atoms with Gasteiger partial charge in [-0.2, -0.15) is 0 Å². The van der Waals surface area contributed by atoms with E-state index in [1.54, 1.807) is 0 Å². The van der Waals surface area contributed by atoms with Gasteiger partial charge in [-0.15, -0.1) is 0 Å². The molecule has 2 unspecified atom stereocenters. The predicted octanol–water partition coefficient (Wildman–Crippen LogP) is 6.12. The number of nitrogens with zero attached hydrogens (tertiary/aromatic N) is 1. The molecule has 2 bridgehead atoms. The first kappa shape index (κ1) is 21.5. The minimum atomic E-state index is -0.686. The van der Waals surface area contributed by atoms with Gasteiger partial charge in [0.2, 0.25) is 0 Å². The second-order valence-corrected chi connectivity index (χ2v) is 11.3. The van der Waals surface area contributed by atoms with E-state index in [2.05, 4.69) is 69.3 Å². The van der Waals surface area contributed by atoms with Crippen molar-refractivity contribution in [2.45, 2.75) is 82.9 Å². The van der Waals surface area contributed by atoms with Gasteiger partial charge in [0.05, 0.1) is 5.60 Å². The second kappa shape index (κ2) is 7.91. The average molecular weight is 434 g/mol. The first-order chi connectivity index (χ1) is 15.2. The average Bonchev–Trinajstić information content (AvgIpc) is 3.04. The third-order valence-corrected chi connectivity index (χ3v) is 7.50. The summed E-state index contributed by atoms with van der Waals surface area (Å²) in [7, 11) is 0. The van der Waals surface area contributed by atoms with Crippen molar-refractivity contribution in [2.75, 3.05) is 6.61 Å². The maximum absolute atomic E-state index is 13.3. The molecule has 170 valence electrons. The maximum atomic E-state index is 13.3. The number of fused-ring (bicyclic) bond motifs is 5. The van der Waals surface area contributed by atoms with Crippen LogP contribution in [-0.2, 0) is 4.74 Å². The largest absolute Gasteiger partial charge is 0.448 e. The number of hydrogen-bond donors (Lipinski definition) is 1. The molecule has 2 aromatic rings. The fourth-order valence-electron chi connectivity index (χ4n) is 6.62. The number of carbonyl (C=O) groups is 1. The maximum Gasteiger partial charge on any atom is 0.410 e. The van der Waals surface area contributed by atoms with E-state index in [9.17, 15) is 9.90 Å². The summed E-state index contributed by atoms with van der Waals surface area (Å²) in [5, 5.41) is 11.4. The molecule has 2 aliphatic heterocycles. The Morgan fingerprint density at radius 2 is 1.53 bits per heavy atom. The van der Waals surface area contributed by atoms with Crippen molar-refractivity contribution in [3.8, 4) is 11.1 Å². The quantitative estimate of drug-likeness (QED) is 0.634. The van der Waals surface area contributed by atoms with Crippen LogP contribution in [0.1, 0.15) is 76.3 Å². The number of aliphatic hydroxyl groups is 1. The molecule has 5 rings (SSSR count). The van der Waals surface area contributed by atoms with Gasteiger partial charge in [-0.25, -0.2) is 4.79 Å². The van der Waals surface area contributed by atoms with Crippen LogP contribution in [0.25, 0.3) is 11.1 Å². The summed E-state index contributed by atoms with van der Waals surface area (Å²) < 4.78 is 5.99. The molecular weight excluding hydrogens is 398 g/mol. The Bertz CT molecular complexity index is 948. The van der Waals surface area contributed by atoms with Crippen molar-refractivity contribution < 1.29 is 14.6 Å². The summed E-state index contributed by atoms with van der Waals surface area (Å²) in [4.78, 5) is 15.3. The first-order valence-corrected chi connectivity index (χ1v) is 12.1. The summed E-state index contributed by atoms with van der Waals surface area (Å²) in [6, 6.07) is 17.0. The minimum absolute atomic E-state index is 0.0645. The highest BCUT2D eigenvalue weighted by Gasteiger charge is 2.49. The third-order valence-electron chi connectivity index (χ3n) is 7.50. The third kappa shape index (κ3) is 3.94. The number of benzene rings is 2. The van der Waals surface area contributed by atoms with Gasteiger partial charge in [-0.1, -0.05) is 69.3 Å². The minimum Gasteiger partial charge on any atom is -0.448 e. The van der Waals surface area contributed by atoms with Crippen molar-refractivity contribution >= 4 is 6.09 Å². The molecule has 1 amide bonds. The SMILES string of the molecule is CC(C)(C)CC1(O)CC2CCCC(C1)N2C(=O)OCC1c2ccccc2-c2ccccc21. The molecule has 2 fully saturated rings. The molecular formula is C28H35NO3. The van der Waals surface area contributed by atoms with Crippen molar-refractivity contribution in [1.29, 1.82) is 0 Å². The Kier molecular flexibility index (Phi) is 5.32. The summed E-state index contributed by atoms with van der Waals surface area (Å²) >= 11 is 0. The van der Waals surface area contributed by atoms with Crippen molar-refractivity contribution in [3.63, 3.8) is 0 Å². The molecule has 32 heavy (non-hydrogen) atoms. The van der Waals surface area contributed by atoms with Crippen LogP contribution in [0.5, 0.6) is 0 Å². The van der Waals surface area contributed by atoms with Gasteiger partial charge >= 0.3 is 6.09 Å². The molecule has 3 aliphatic rings. The molecule has 4 heteroatoms. The molecule has 0 spiro atoms. The van der Waals surface area contributed by atoms with Gasteiger partial charge < -0.3 is 14.7 Å². The Balaban J connectivity index is 1.31. The number of hydrogen-bond acceptors (Lipinski definition) is 3. The number of ether oxygens (including phenoxy) is 1. The second-order valence-electron chi connectivity index (χ2n) is 11.3. The summed E-state index contributed by atoms with van der Waals surface area (Å²) in [6.07, 6.45) is 4.90. The van der Waals surface area contributed by atoms with Gasteiger partial charge in [0.1, 0.15) is 6.61 Å². The van der Waals surface area contributed by atoms with Crippen LogP contribution in [0.4, 0.5) is 4.79 Å². The number of amides is 1. The Labute approximate surface area is 191 Å². The van der Waals surface area contributed by atoms with Crippen LogP contribution in [0.2, 0.25) is 0 Å². The Hall–Kier alpha value is -2.33. The highest BCUT2D eigenvalue weighted by Crippen LogP contribution is 2.46. The lowest BCUT2D eigenvalue weighted by molar-refractivity contribution is -0.101. The van der Waals surface area contributed by atoms with Crippen LogP contribution in [0.15, 0.2) is 48.5 Å². The summed E-state index contributed by atoms with van der Waals surface area (Å²) in [6.45, 7) is 6.89. The van der Waals surface area contributed by atoms with E-state index in [0.717, 1.165) is 25.7 Å². The van der Waals surface area contributed by atoms with Crippen LogP contribution < -0.4 is 0 Å². The fourth-order valence-corrected chi connectivity index (χ4v) is 6.62. The molecule has 1 N–H and O–H groups in total. The van der Waals surface area contributed by atoms with E-state index in [1.807, 2.05) is 4.90 Å². The number of piperidine rings is 2. The molecule has 4 nitrogen and oxygen atoms in total. The van der Waals surface area contributed by atoms with Gasteiger partial charge in [-0.05, 0) is 66.2 Å². The molecule has 0 aromatic heterocycles. The van der Waals surface area contributed by atoms with Crippen LogP contribution in [0, 0.1) is 5.41 Å². The lowest BCUT2D eigenvalue weighted by Crippen LogP contribution is -2.60. The van der Waals surface area contributed by atoms with Crippen LogP contribution >= 0.6 is 0 Å². The van der Waals surface area contributed by atoms with E-state index in [4.69, 9.17) is 4.74 Å². The van der Waals surface area contributed by atoms with Gasteiger partial charge in [-0.3, -0.25) is 0 Å². The van der Waals surface area contributed by atoms with E-state index in [1.165, 1.54) is 22.3 Å². The van der Waals surface area contributed by atoms with Crippen molar-refractivity contribution in [1.82, 2.24) is 4.90 Å². The molecule has 2 heterocycles. The lowest BCUT2D eigenvalue weighted by atomic mass is 9.69. The molecule has 0 radical (unpaired) electrons. The first-order valence-electron chi connectivity index (χ1n) is 12.1. The predicted molar refractivity (Wildman–Crippen MR) is 127 cm³/mol. The summed E-state index contributed by atoms with van der Waals surface area (Å²) in [5.41, 5.74) is 4.33. The molecule has 1 aliphatic carbocycles. The smallest absolute Gasteiger partial charge is 0.410 e. The van der Waals surface area contributed by atoms with E-state index in [-0.39, 0.29) is 29.5 Å². The van der Waals surface area contributed by atoms with Crippen molar-refractivity contribution in [2.24, 2.45) is 5.41 Å². The zero-order valence-corrected chi connectivity index (χ0v) is 19.5. The molecule has 2 aromatic carbocycles. The topological polar surface area (TPSA) is 49.8 Å². The highest BCUT2D eigenvalue weighted by atomic mass is 16.6. The van der Waals surface area contributed by atoms with Gasteiger partial charge in [0.15, 0.2) is 0 Å². The van der Waals surface area contributed by atoms with Gasteiger partial charge in [0.25, 0.3) is 0 Å². The highest BCUT2D eigenvalue weighted by molar-refractivity contribution is 5.79. The molecule has 2 saturated heterocycles. The monoisotopic (exact) mass is 433 g/mol. The van der Waals surface area contributed by atoms with Crippen LogP contribution in [0.3, 0.4) is 0 Å². The Morgan fingerprint density at radius 3 is 2.06 bits per heavy atom. The Morgan fingerprint density at radius 1 is 1.00 bits per heavy atom. The summed E-state index contributed by atoms with van der Waals surface area (Å²) in [5.74, 6) is 0.0776. The van der Waals surface area contributed by atoms with Gasteiger partial charge in [0, 0.05) is 18.0 Å². The zero-order chi connectivity index (χ0) is 22.5. The van der Waals surface area contributed by atoms with E-state index >= 15 is 0 Å². The normalized spacial score (nSPS) is 27.1. The lowest BCUT2D eigenvalue weighted by Gasteiger charge is -2.52. The van der Waals surface area contributed by atoms with Crippen LogP contribution in [-0.4, -0.2) is 40.4 Å². The standard InChI is InChI=1S/C28H35NO3/c1-27(2,3)18-28(31)15-19-9-8-10-20(16-28)29(19)26(30)32-17-25-23-13-6-4-11-21(23)22-12-5-7-14-24(22)25/h4-7,11-14,19-20,25,31H,8-10,15-18H2,1-3H3. The zero-order valence-electron chi connectivity index (χ0n) is 19.5.